The fourth-order valence-corrected chi connectivity index (χ4v) is 4.53. The summed E-state index contributed by atoms with van der Waals surface area (Å²) in [5, 5.41) is 10.9. The van der Waals surface area contributed by atoms with Crippen LogP contribution in [0.3, 0.4) is 0 Å². The molecule has 6 heteroatoms. The Bertz CT molecular complexity index is 517. The highest BCUT2D eigenvalue weighted by Crippen LogP contribution is 2.41. The van der Waals surface area contributed by atoms with E-state index in [0.717, 1.165) is 30.6 Å². The average Bonchev–Trinajstić information content (AvgIpc) is 3.04. The van der Waals surface area contributed by atoms with Crippen LogP contribution in [0.4, 0.5) is 0 Å². The van der Waals surface area contributed by atoms with Gasteiger partial charge in [-0.3, -0.25) is 9.59 Å². The van der Waals surface area contributed by atoms with E-state index in [0.29, 0.717) is 0 Å². The Kier molecular flexibility index (Phi) is 3.99. The quantitative estimate of drug-likeness (QED) is 0.891. The molecule has 1 aromatic heterocycles. The number of carbonyl (C=O) groups excluding carboxylic acids is 1. The van der Waals surface area contributed by atoms with Crippen molar-refractivity contribution in [2.24, 2.45) is 11.7 Å². The zero-order chi connectivity index (χ0) is 15.0. The monoisotopic (exact) mass is 308 g/mol. The van der Waals surface area contributed by atoms with Gasteiger partial charge in [-0.25, -0.2) is 0 Å². The zero-order valence-corrected chi connectivity index (χ0v) is 12.6. The van der Waals surface area contributed by atoms with Crippen LogP contribution in [-0.4, -0.2) is 34.0 Å². The van der Waals surface area contributed by atoms with Gasteiger partial charge in [-0.05, 0) is 43.0 Å². The summed E-state index contributed by atoms with van der Waals surface area (Å²) in [6, 6.07) is 3.56. The number of rotatable bonds is 4. The molecule has 3 heterocycles. The molecular weight excluding hydrogens is 288 g/mol. The number of amides is 1. The third-order valence-corrected chi connectivity index (χ3v) is 5.62. The molecule has 3 N–H and O–H groups in total. The highest BCUT2D eigenvalue weighted by atomic mass is 32.1. The zero-order valence-electron chi connectivity index (χ0n) is 11.8. The van der Waals surface area contributed by atoms with E-state index in [1.54, 1.807) is 0 Å². The number of aliphatic carboxylic acids is 1. The lowest BCUT2D eigenvalue weighted by Gasteiger charge is -2.39. The highest BCUT2D eigenvalue weighted by molar-refractivity contribution is 7.10. The summed E-state index contributed by atoms with van der Waals surface area (Å²) >= 11 is 1.50. The van der Waals surface area contributed by atoms with E-state index in [9.17, 15) is 9.59 Å². The second-order valence-electron chi connectivity index (χ2n) is 6.06. The number of thiophene rings is 1. The van der Waals surface area contributed by atoms with Crippen LogP contribution in [0.5, 0.6) is 0 Å². The number of hydrogen-bond acceptors (Lipinski definition) is 4. The predicted octanol–water partition coefficient (Wildman–Crippen LogP) is 1.99. The standard InChI is InChI=1S/C15H20N2O3S/c16-14(12-2-1-5-21-12)15(20)17-10-3-4-11(17)7-9(6-10)8-13(18)19/h1-2,5,9-11,14H,3-4,6-8,16H2,(H,18,19). The molecule has 21 heavy (non-hydrogen) atoms. The van der Waals surface area contributed by atoms with E-state index in [2.05, 4.69) is 0 Å². The summed E-state index contributed by atoms with van der Waals surface area (Å²) in [5.74, 6) is -0.546. The van der Waals surface area contributed by atoms with Crippen LogP contribution in [0.2, 0.25) is 0 Å². The second kappa shape index (κ2) is 5.77. The number of nitrogens with two attached hydrogens (primary N) is 1. The molecule has 0 radical (unpaired) electrons. The van der Waals surface area contributed by atoms with Gasteiger partial charge in [-0.2, -0.15) is 0 Å². The van der Waals surface area contributed by atoms with Crippen molar-refractivity contribution < 1.29 is 14.7 Å². The van der Waals surface area contributed by atoms with Crippen molar-refractivity contribution in [1.82, 2.24) is 4.90 Å². The minimum Gasteiger partial charge on any atom is -0.481 e. The van der Waals surface area contributed by atoms with Crippen LogP contribution in [-0.2, 0) is 9.59 Å². The van der Waals surface area contributed by atoms with Crippen molar-refractivity contribution >= 4 is 23.2 Å². The molecule has 3 rings (SSSR count). The summed E-state index contributed by atoms with van der Waals surface area (Å²) in [7, 11) is 0. The van der Waals surface area contributed by atoms with E-state index in [-0.39, 0.29) is 30.3 Å². The number of carboxylic acid groups (broad SMARTS) is 1. The molecule has 3 unspecified atom stereocenters. The molecule has 2 aliphatic heterocycles. The van der Waals surface area contributed by atoms with Crippen molar-refractivity contribution in [2.75, 3.05) is 0 Å². The minimum atomic E-state index is -0.741. The van der Waals surface area contributed by atoms with Crippen LogP contribution >= 0.6 is 11.3 Å². The van der Waals surface area contributed by atoms with Gasteiger partial charge in [0.1, 0.15) is 6.04 Å². The summed E-state index contributed by atoms with van der Waals surface area (Å²) in [6.45, 7) is 0. The molecule has 1 aromatic rings. The lowest BCUT2D eigenvalue weighted by atomic mass is 9.88. The Morgan fingerprint density at radius 2 is 2.05 bits per heavy atom. The molecule has 0 spiro atoms. The predicted molar refractivity (Wildman–Crippen MR) is 79.9 cm³/mol. The van der Waals surface area contributed by atoms with Gasteiger partial charge in [-0.15, -0.1) is 11.3 Å². The largest absolute Gasteiger partial charge is 0.481 e. The number of fused-ring (bicyclic) bond motifs is 2. The van der Waals surface area contributed by atoms with Crippen molar-refractivity contribution in [3.63, 3.8) is 0 Å². The van der Waals surface area contributed by atoms with Gasteiger partial charge in [0, 0.05) is 23.4 Å². The van der Waals surface area contributed by atoms with Gasteiger partial charge in [0.15, 0.2) is 0 Å². The number of hydrogen-bond donors (Lipinski definition) is 2. The Labute approximate surface area is 127 Å². The third kappa shape index (κ3) is 2.82. The minimum absolute atomic E-state index is 0.00118. The van der Waals surface area contributed by atoms with E-state index in [1.165, 1.54) is 11.3 Å². The Morgan fingerprint density at radius 3 is 2.57 bits per heavy atom. The SMILES string of the molecule is NC(C(=O)N1C2CCC1CC(CC(=O)O)C2)c1cccs1. The lowest BCUT2D eigenvalue weighted by molar-refractivity contribution is -0.140. The topological polar surface area (TPSA) is 83.6 Å². The molecular formula is C15H20N2O3S. The molecule has 2 saturated heterocycles. The first kappa shape index (κ1) is 14.5. The molecule has 2 fully saturated rings. The maximum Gasteiger partial charge on any atom is 0.303 e. The van der Waals surface area contributed by atoms with Gasteiger partial charge >= 0.3 is 5.97 Å². The van der Waals surface area contributed by atoms with E-state index >= 15 is 0 Å². The molecule has 2 bridgehead atoms. The number of nitrogens with zero attached hydrogens (tertiary/aromatic N) is 1. The van der Waals surface area contributed by atoms with Crippen LogP contribution in [0.1, 0.15) is 43.0 Å². The van der Waals surface area contributed by atoms with Crippen molar-refractivity contribution in [2.45, 2.75) is 50.2 Å². The summed E-state index contributed by atoms with van der Waals surface area (Å²) < 4.78 is 0. The van der Waals surface area contributed by atoms with E-state index < -0.39 is 12.0 Å². The maximum atomic E-state index is 12.7. The van der Waals surface area contributed by atoms with Crippen LogP contribution in [0.15, 0.2) is 17.5 Å². The van der Waals surface area contributed by atoms with Crippen LogP contribution in [0, 0.1) is 5.92 Å². The van der Waals surface area contributed by atoms with Crippen LogP contribution in [0.25, 0.3) is 0 Å². The second-order valence-corrected chi connectivity index (χ2v) is 7.04. The molecule has 0 aromatic carbocycles. The number of carbonyl (C=O) groups is 2. The molecule has 1 amide bonds. The van der Waals surface area contributed by atoms with Gasteiger partial charge in [0.25, 0.3) is 0 Å². The van der Waals surface area contributed by atoms with Gasteiger partial charge in [0.2, 0.25) is 5.91 Å². The van der Waals surface area contributed by atoms with Gasteiger partial charge < -0.3 is 15.7 Å². The van der Waals surface area contributed by atoms with Crippen LogP contribution < -0.4 is 5.73 Å². The van der Waals surface area contributed by atoms with E-state index in [4.69, 9.17) is 10.8 Å². The van der Waals surface area contributed by atoms with Crippen molar-refractivity contribution in [3.8, 4) is 0 Å². The fourth-order valence-electron chi connectivity index (χ4n) is 3.81. The summed E-state index contributed by atoms with van der Waals surface area (Å²) in [4.78, 5) is 26.4. The summed E-state index contributed by atoms with van der Waals surface area (Å²) in [5.41, 5.74) is 6.11. The first-order valence-electron chi connectivity index (χ1n) is 7.39. The van der Waals surface area contributed by atoms with E-state index in [1.807, 2.05) is 22.4 Å². The Hall–Kier alpha value is -1.40. The first-order chi connectivity index (χ1) is 10.1. The molecule has 114 valence electrons. The van der Waals surface area contributed by atoms with Gasteiger partial charge in [0.05, 0.1) is 0 Å². The van der Waals surface area contributed by atoms with Crippen molar-refractivity contribution in [1.29, 1.82) is 0 Å². The molecule has 0 aliphatic carbocycles. The lowest BCUT2D eigenvalue weighted by Crippen LogP contribution is -2.49. The fraction of sp³-hybridized carbons (Fsp3) is 0.600. The average molecular weight is 308 g/mol. The Balaban J connectivity index is 1.70. The Morgan fingerprint density at radius 1 is 1.38 bits per heavy atom. The van der Waals surface area contributed by atoms with Crippen molar-refractivity contribution in [3.05, 3.63) is 22.4 Å². The first-order valence-corrected chi connectivity index (χ1v) is 8.27. The molecule has 0 saturated carbocycles. The smallest absolute Gasteiger partial charge is 0.303 e. The molecule has 5 nitrogen and oxygen atoms in total. The molecule has 3 atom stereocenters. The van der Waals surface area contributed by atoms with Gasteiger partial charge in [-0.1, -0.05) is 6.07 Å². The third-order valence-electron chi connectivity index (χ3n) is 4.66. The number of piperidine rings is 1. The molecule has 2 aliphatic rings. The normalized spacial score (nSPS) is 29.4. The summed E-state index contributed by atoms with van der Waals surface area (Å²) in [6.07, 6.45) is 3.76. The maximum absolute atomic E-state index is 12.7. The highest BCUT2D eigenvalue weighted by Gasteiger charge is 2.44. The number of carboxylic acids is 1.